The molecule has 1 N–H and O–H groups in total. The van der Waals surface area contributed by atoms with Gasteiger partial charge in [0.15, 0.2) is 5.65 Å². The third-order valence-corrected chi connectivity index (χ3v) is 1.74. The maximum atomic E-state index is 12.8. The van der Waals surface area contributed by atoms with Gasteiger partial charge in [0.1, 0.15) is 10.5 Å². The molecular formula is C5HCl2FN4. The third-order valence-electron chi connectivity index (χ3n) is 1.30. The smallest absolute Gasteiger partial charge is 0.225 e. The molecule has 0 fully saturated rings. The van der Waals surface area contributed by atoms with E-state index in [2.05, 4.69) is 20.2 Å². The molecule has 0 spiro atoms. The van der Waals surface area contributed by atoms with Gasteiger partial charge in [-0.2, -0.15) is 14.5 Å². The number of halogens is 3. The van der Waals surface area contributed by atoms with E-state index in [0.29, 0.717) is 0 Å². The van der Waals surface area contributed by atoms with Crippen LogP contribution in [-0.4, -0.2) is 20.2 Å². The second kappa shape index (κ2) is 2.53. The molecule has 0 bridgehead atoms. The Hall–Kier alpha value is -0.940. The van der Waals surface area contributed by atoms with Crippen molar-refractivity contribution in [2.45, 2.75) is 0 Å². The van der Waals surface area contributed by atoms with Gasteiger partial charge in [-0.25, -0.2) is 4.98 Å². The van der Waals surface area contributed by atoms with Gasteiger partial charge >= 0.3 is 0 Å². The molecule has 2 rings (SSSR count). The first-order chi connectivity index (χ1) is 5.68. The third kappa shape index (κ3) is 1.02. The maximum Gasteiger partial charge on any atom is 0.225 e. The highest BCUT2D eigenvalue weighted by Gasteiger charge is 2.12. The van der Waals surface area contributed by atoms with Crippen molar-refractivity contribution in [2.75, 3.05) is 0 Å². The summed E-state index contributed by atoms with van der Waals surface area (Å²) in [6.07, 6.45) is 0. The van der Waals surface area contributed by atoms with Crippen molar-refractivity contribution < 1.29 is 4.39 Å². The predicted octanol–water partition coefficient (Wildman–Crippen LogP) is 1.80. The number of nitrogens with one attached hydrogen (secondary N) is 1. The Morgan fingerprint density at radius 3 is 2.75 bits per heavy atom. The molecule has 0 radical (unpaired) electrons. The number of rotatable bonds is 0. The molecule has 0 aliphatic rings. The van der Waals surface area contributed by atoms with Crippen molar-refractivity contribution in [1.82, 2.24) is 20.2 Å². The number of H-pyrrole nitrogens is 1. The topological polar surface area (TPSA) is 54.5 Å². The van der Waals surface area contributed by atoms with Crippen molar-refractivity contribution in [3.8, 4) is 0 Å². The van der Waals surface area contributed by atoms with Crippen molar-refractivity contribution in [3.63, 3.8) is 0 Å². The lowest BCUT2D eigenvalue weighted by atomic mass is 10.4. The number of hydrogen-bond acceptors (Lipinski definition) is 3. The quantitative estimate of drug-likeness (QED) is 0.529. The average molecular weight is 207 g/mol. The highest BCUT2D eigenvalue weighted by molar-refractivity contribution is 6.35. The van der Waals surface area contributed by atoms with E-state index in [-0.39, 0.29) is 21.5 Å². The minimum atomic E-state index is -0.660. The number of aromatic amines is 1. The van der Waals surface area contributed by atoms with E-state index in [1.54, 1.807) is 0 Å². The SMILES string of the molecule is Fc1[nH]nc2nc(Cl)nc(Cl)c12. The fraction of sp³-hybridized carbons (Fsp3) is 0. The minimum Gasteiger partial charge on any atom is -0.250 e. The minimum absolute atomic E-state index is 0.0451. The van der Waals surface area contributed by atoms with Gasteiger partial charge in [0.05, 0.1) is 0 Å². The molecule has 2 aromatic rings. The van der Waals surface area contributed by atoms with Crippen molar-refractivity contribution in [2.24, 2.45) is 0 Å². The second-order valence-corrected chi connectivity index (χ2v) is 2.72. The number of aromatic nitrogens is 4. The van der Waals surface area contributed by atoms with Gasteiger partial charge in [-0.05, 0) is 11.6 Å². The average Bonchev–Trinajstić information content (AvgIpc) is 2.31. The normalized spacial score (nSPS) is 10.9. The van der Waals surface area contributed by atoms with Gasteiger partial charge in [0.2, 0.25) is 11.2 Å². The number of fused-ring (bicyclic) bond motifs is 1. The predicted molar refractivity (Wildman–Crippen MR) is 41.7 cm³/mol. The molecule has 0 atom stereocenters. The summed E-state index contributed by atoms with van der Waals surface area (Å²) in [5, 5.41) is 5.56. The summed E-state index contributed by atoms with van der Waals surface area (Å²) in [4.78, 5) is 7.20. The standard InChI is InChI=1S/C5HCl2FN4/c6-2-1-3(8)11-12-4(1)10-5(7)9-2/h(H,9,10,11,12). The highest BCUT2D eigenvalue weighted by Crippen LogP contribution is 2.22. The summed E-state index contributed by atoms with van der Waals surface area (Å²) in [5.74, 6) is -0.660. The van der Waals surface area contributed by atoms with Gasteiger partial charge in [-0.3, -0.25) is 5.10 Å². The zero-order valence-electron chi connectivity index (χ0n) is 5.48. The zero-order valence-corrected chi connectivity index (χ0v) is 6.99. The largest absolute Gasteiger partial charge is 0.250 e. The van der Waals surface area contributed by atoms with Crippen molar-refractivity contribution >= 4 is 34.2 Å². The van der Waals surface area contributed by atoms with E-state index in [1.807, 2.05) is 0 Å². The molecule has 12 heavy (non-hydrogen) atoms. The molecule has 0 aromatic carbocycles. The monoisotopic (exact) mass is 206 g/mol. The summed E-state index contributed by atoms with van der Waals surface area (Å²) in [6, 6.07) is 0. The van der Waals surface area contributed by atoms with Crippen molar-refractivity contribution in [3.05, 3.63) is 16.4 Å². The summed E-state index contributed by atoms with van der Waals surface area (Å²) in [5.41, 5.74) is 0.123. The summed E-state index contributed by atoms with van der Waals surface area (Å²) in [7, 11) is 0. The molecule has 2 heterocycles. The summed E-state index contributed by atoms with van der Waals surface area (Å²) >= 11 is 11.0. The molecule has 0 unspecified atom stereocenters. The van der Waals surface area contributed by atoms with Gasteiger partial charge in [-0.15, -0.1) is 0 Å². The van der Waals surface area contributed by atoms with Crippen LogP contribution in [0.25, 0.3) is 11.0 Å². The van der Waals surface area contributed by atoms with Crippen LogP contribution < -0.4 is 0 Å². The first kappa shape index (κ1) is 7.70. The van der Waals surface area contributed by atoms with Crippen LogP contribution in [0, 0.1) is 5.95 Å². The Kier molecular flexibility index (Phi) is 1.62. The fourth-order valence-corrected chi connectivity index (χ4v) is 1.28. The molecule has 0 saturated heterocycles. The first-order valence-electron chi connectivity index (χ1n) is 2.91. The maximum absolute atomic E-state index is 12.8. The Labute approximate surface area is 75.7 Å². The second-order valence-electron chi connectivity index (χ2n) is 2.02. The highest BCUT2D eigenvalue weighted by atomic mass is 35.5. The molecule has 7 heteroatoms. The van der Waals surface area contributed by atoms with Crippen LogP contribution in [-0.2, 0) is 0 Å². The van der Waals surface area contributed by atoms with Crippen molar-refractivity contribution in [1.29, 1.82) is 0 Å². The Balaban J connectivity index is 2.93. The summed E-state index contributed by atoms with van der Waals surface area (Å²) in [6.45, 7) is 0. The van der Waals surface area contributed by atoms with Gasteiger partial charge in [0.25, 0.3) is 0 Å². The molecule has 0 aliphatic heterocycles. The van der Waals surface area contributed by atoms with E-state index in [1.165, 1.54) is 0 Å². The molecule has 0 amide bonds. The van der Waals surface area contributed by atoms with E-state index >= 15 is 0 Å². The van der Waals surface area contributed by atoms with Crippen LogP contribution >= 0.6 is 23.2 Å². The zero-order chi connectivity index (χ0) is 8.72. The molecule has 0 saturated carbocycles. The van der Waals surface area contributed by atoms with Crippen LogP contribution in [0.3, 0.4) is 0 Å². The summed E-state index contributed by atoms with van der Waals surface area (Å²) < 4.78 is 12.8. The Morgan fingerprint density at radius 2 is 2.00 bits per heavy atom. The van der Waals surface area contributed by atoms with Crippen LogP contribution in [0.4, 0.5) is 4.39 Å². The fourth-order valence-electron chi connectivity index (χ4n) is 0.825. The van der Waals surface area contributed by atoms with E-state index in [0.717, 1.165) is 0 Å². The molecule has 2 aromatic heterocycles. The van der Waals surface area contributed by atoms with Gasteiger partial charge < -0.3 is 0 Å². The molecular weight excluding hydrogens is 206 g/mol. The molecule has 62 valence electrons. The lowest BCUT2D eigenvalue weighted by Gasteiger charge is -1.91. The first-order valence-corrected chi connectivity index (χ1v) is 3.66. The molecule has 4 nitrogen and oxygen atoms in total. The lowest BCUT2D eigenvalue weighted by Crippen LogP contribution is -1.85. The lowest BCUT2D eigenvalue weighted by molar-refractivity contribution is 0.588. The Morgan fingerprint density at radius 1 is 1.25 bits per heavy atom. The Bertz CT molecular complexity index is 440. The van der Waals surface area contributed by atoms with Crippen LogP contribution in [0.2, 0.25) is 10.4 Å². The van der Waals surface area contributed by atoms with E-state index in [4.69, 9.17) is 23.2 Å². The molecule has 0 aliphatic carbocycles. The van der Waals surface area contributed by atoms with Gasteiger partial charge in [-0.1, -0.05) is 11.6 Å². The number of nitrogens with zero attached hydrogens (tertiary/aromatic N) is 3. The van der Waals surface area contributed by atoms with Crippen LogP contribution in [0.5, 0.6) is 0 Å². The number of hydrogen-bond donors (Lipinski definition) is 1. The van der Waals surface area contributed by atoms with Crippen LogP contribution in [0.15, 0.2) is 0 Å². The van der Waals surface area contributed by atoms with Gasteiger partial charge in [0, 0.05) is 0 Å². The van der Waals surface area contributed by atoms with E-state index in [9.17, 15) is 4.39 Å². The van der Waals surface area contributed by atoms with Crippen LogP contribution in [0.1, 0.15) is 0 Å². The van der Waals surface area contributed by atoms with E-state index < -0.39 is 5.95 Å².